The van der Waals surface area contributed by atoms with Crippen LogP contribution in [0.1, 0.15) is 38.1 Å². The van der Waals surface area contributed by atoms with Crippen LogP contribution in [0.15, 0.2) is 24.3 Å². The second-order valence-electron chi connectivity index (χ2n) is 8.00. The van der Waals surface area contributed by atoms with Crippen LogP contribution in [-0.2, 0) is 11.3 Å². The molecular formula is C20H26N4O2S. The highest BCUT2D eigenvalue weighted by atomic mass is 32.1. The van der Waals surface area contributed by atoms with Crippen molar-refractivity contribution < 1.29 is 9.59 Å². The molecule has 2 aromatic rings. The number of thiazole rings is 1. The molecule has 6 nitrogen and oxygen atoms in total. The maximum atomic E-state index is 13.2. The van der Waals surface area contributed by atoms with Gasteiger partial charge in [-0.05, 0) is 43.9 Å². The van der Waals surface area contributed by atoms with Crippen molar-refractivity contribution in [2.24, 2.45) is 11.8 Å². The minimum Gasteiger partial charge on any atom is -0.323 e. The Hall–Kier alpha value is -1.99. The van der Waals surface area contributed by atoms with Crippen LogP contribution in [0, 0.1) is 11.8 Å². The van der Waals surface area contributed by atoms with Gasteiger partial charge in [0.2, 0.25) is 0 Å². The molecule has 144 valence electrons. The summed E-state index contributed by atoms with van der Waals surface area (Å²) in [5.74, 6) is 0.262. The van der Waals surface area contributed by atoms with Gasteiger partial charge in [-0.25, -0.2) is 14.7 Å². The molecule has 4 rings (SSSR count). The molecule has 1 saturated heterocycles. The number of imide groups is 1. The minimum absolute atomic E-state index is 0.0663. The number of benzene rings is 1. The highest BCUT2D eigenvalue weighted by Gasteiger charge is 2.58. The van der Waals surface area contributed by atoms with Gasteiger partial charge in [0.25, 0.3) is 5.91 Å². The fraction of sp³-hybridized carbons (Fsp3) is 0.550. The zero-order valence-electron chi connectivity index (χ0n) is 16.1. The van der Waals surface area contributed by atoms with Gasteiger partial charge in [0.1, 0.15) is 10.5 Å². The van der Waals surface area contributed by atoms with Crippen LogP contribution in [0.5, 0.6) is 0 Å². The minimum atomic E-state index is -0.730. The van der Waals surface area contributed by atoms with Gasteiger partial charge in [0.05, 0.1) is 23.4 Å². The second kappa shape index (κ2) is 6.87. The van der Waals surface area contributed by atoms with Crippen LogP contribution in [0.25, 0.3) is 10.2 Å². The average Bonchev–Trinajstić information content (AvgIpc) is 3.14. The normalized spacial score (nSPS) is 25.0. The summed E-state index contributed by atoms with van der Waals surface area (Å²) in [7, 11) is 1.92. The van der Waals surface area contributed by atoms with Crippen molar-refractivity contribution >= 4 is 33.5 Å². The highest BCUT2D eigenvalue weighted by molar-refractivity contribution is 7.18. The summed E-state index contributed by atoms with van der Waals surface area (Å²) in [6.07, 6.45) is 3.07. The Morgan fingerprint density at radius 3 is 2.67 bits per heavy atom. The molecule has 1 saturated carbocycles. The van der Waals surface area contributed by atoms with Gasteiger partial charge in [0.15, 0.2) is 0 Å². The first-order chi connectivity index (χ1) is 12.9. The van der Waals surface area contributed by atoms with Crippen LogP contribution in [-0.4, -0.2) is 46.0 Å². The number of carbonyl (C=O) groups excluding carboxylic acids is 2. The Morgan fingerprint density at radius 2 is 1.96 bits per heavy atom. The summed E-state index contributed by atoms with van der Waals surface area (Å²) in [6.45, 7) is 5.06. The highest BCUT2D eigenvalue weighted by Crippen LogP contribution is 2.42. The molecule has 1 aromatic carbocycles. The molecule has 3 amide bonds. The number of amides is 3. The number of rotatable bonds is 4. The lowest BCUT2D eigenvalue weighted by Gasteiger charge is -2.42. The van der Waals surface area contributed by atoms with Crippen LogP contribution in [0.3, 0.4) is 0 Å². The maximum absolute atomic E-state index is 13.2. The van der Waals surface area contributed by atoms with Crippen molar-refractivity contribution in [3.05, 3.63) is 29.3 Å². The van der Waals surface area contributed by atoms with E-state index in [0.717, 1.165) is 34.5 Å². The molecule has 1 N–H and O–H groups in total. The van der Waals surface area contributed by atoms with Gasteiger partial charge in [-0.15, -0.1) is 11.3 Å². The van der Waals surface area contributed by atoms with E-state index in [9.17, 15) is 9.59 Å². The second-order valence-corrected chi connectivity index (χ2v) is 9.11. The molecule has 2 aliphatic rings. The molecule has 1 aromatic heterocycles. The third-order valence-electron chi connectivity index (χ3n) is 6.11. The van der Waals surface area contributed by atoms with E-state index in [1.54, 1.807) is 11.3 Å². The molecule has 2 atom stereocenters. The lowest BCUT2D eigenvalue weighted by Crippen LogP contribution is -2.59. The molecule has 0 bridgehead atoms. The Labute approximate surface area is 163 Å². The van der Waals surface area contributed by atoms with E-state index in [-0.39, 0.29) is 30.4 Å². The number of hydrogen-bond acceptors (Lipinski definition) is 5. The summed E-state index contributed by atoms with van der Waals surface area (Å²) < 4.78 is 1.15. The first kappa shape index (κ1) is 18.4. The lowest BCUT2D eigenvalue weighted by atomic mass is 9.67. The van der Waals surface area contributed by atoms with E-state index >= 15 is 0 Å². The Bertz CT molecular complexity index is 837. The largest absolute Gasteiger partial charge is 0.326 e. The van der Waals surface area contributed by atoms with Crippen molar-refractivity contribution in [2.75, 3.05) is 13.7 Å². The Kier molecular flexibility index (Phi) is 4.68. The molecule has 1 aliphatic carbocycles. The van der Waals surface area contributed by atoms with E-state index in [4.69, 9.17) is 0 Å². The summed E-state index contributed by atoms with van der Waals surface area (Å²) in [6, 6.07) is 7.78. The summed E-state index contributed by atoms with van der Waals surface area (Å²) in [5.41, 5.74) is 0.260. The van der Waals surface area contributed by atoms with Crippen molar-refractivity contribution in [3.63, 3.8) is 0 Å². The van der Waals surface area contributed by atoms with Gasteiger partial charge in [0, 0.05) is 0 Å². The van der Waals surface area contributed by atoms with E-state index in [0.29, 0.717) is 6.54 Å². The molecule has 27 heavy (non-hydrogen) atoms. The van der Waals surface area contributed by atoms with E-state index in [1.807, 2.05) is 30.1 Å². The van der Waals surface area contributed by atoms with Gasteiger partial charge < -0.3 is 5.32 Å². The predicted octanol–water partition coefficient (Wildman–Crippen LogP) is 3.43. The predicted molar refractivity (Wildman–Crippen MR) is 106 cm³/mol. The van der Waals surface area contributed by atoms with Gasteiger partial charge in [-0.1, -0.05) is 32.4 Å². The van der Waals surface area contributed by atoms with Gasteiger partial charge >= 0.3 is 6.03 Å². The van der Waals surface area contributed by atoms with Crippen LogP contribution in [0.4, 0.5) is 4.79 Å². The number of nitrogens with one attached hydrogen (secondary N) is 1. The third-order valence-corrected chi connectivity index (χ3v) is 7.13. The fourth-order valence-corrected chi connectivity index (χ4v) is 5.64. The van der Waals surface area contributed by atoms with Gasteiger partial charge in [-0.3, -0.25) is 9.69 Å². The maximum Gasteiger partial charge on any atom is 0.326 e. The molecule has 7 heteroatoms. The van der Waals surface area contributed by atoms with E-state index < -0.39 is 5.54 Å². The first-order valence-electron chi connectivity index (χ1n) is 9.59. The number of urea groups is 1. The number of aromatic nitrogens is 1. The standard InChI is InChI=1S/C20H26N4O2S/c1-13-7-6-8-14(2)20(13)18(25)24(19(26)22-20)12-23(3)11-17-21-15-9-4-5-10-16(15)27-17/h4-5,9-10,13-14H,6-8,11-12H2,1-3H3,(H,22,26)/t13-,14-/m1/s1. The van der Waals surface area contributed by atoms with Crippen LogP contribution < -0.4 is 5.32 Å². The molecule has 0 radical (unpaired) electrons. The van der Waals surface area contributed by atoms with Gasteiger partial charge in [-0.2, -0.15) is 0 Å². The molecule has 1 spiro atoms. The number of carbonyl (C=O) groups is 2. The molecule has 1 aliphatic heterocycles. The Balaban J connectivity index is 1.48. The topological polar surface area (TPSA) is 65.5 Å². The summed E-state index contributed by atoms with van der Waals surface area (Å²) in [5, 5.41) is 4.04. The smallest absolute Gasteiger partial charge is 0.323 e. The quantitative estimate of drug-likeness (QED) is 0.818. The number of para-hydroxylation sites is 1. The Morgan fingerprint density at radius 1 is 1.26 bits per heavy atom. The van der Waals surface area contributed by atoms with Crippen molar-refractivity contribution in [1.82, 2.24) is 20.1 Å². The molecule has 2 heterocycles. The molecule has 0 unspecified atom stereocenters. The van der Waals surface area contributed by atoms with E-state index in [2.05, 4.69) is 30.2 Å². The van der Waals surface area contributed by atoms with Crippen molar-refractivity contribution in [1.29, 1.82) is 0 Å². The average molecular weight is 387 g/mol. The zero-order valence-corrected chi connectivity index (χ0v) is 16.9. The lowest BCUT2D eigenvalue weighted by molar-refractivity contribution is -0.137. The summed E-state index contributed by atoms with van der Waals surface area (Å²) in [4.78, 5) is 33.9. The van der Waals surface area contributed by atoms with Crippen molar-refractivity contribution in [2.45, 2.75) is 45.2 Å². The fourth-order valence-electron chi connectivity index (χ4n) is 4.59. The zero-order chi connectivity index (χ0) is 19.2. The third kappa shape index (κ3) is 3.02. The van der Waals surface area contributed by atoms with Crippen molar-refractivity contribution in [3.8, 4) is 0 Å². The number of nitrogens with zero attached hydrogens (tertiary/aromatic N) is 3. The monoisotopic (exact) mass is 386 g/mol. The first-order valence-corrected chi connectivity index (χ1v) is 10.4. The molecule has 2 fully saturated rings. The van der Waals surface area contributed by atoms with E-state index in [1.165, 1.54) is 4.90 Å². The van der Waals surface area contributed by atoms with Crippen LogP contribution >= 0.6 is 11.3 Å². The SMILES string of the molecule is C[C@@H]1CCC[C@@H](C)C12NC(=O)N(CN(C)Cc1nc3ccccc3s1)C2=O. The van der Waals surface area contributed by atoms with Crippen LogP contribution in [0.2, 0.25) is 0 Å². The number of hydrogen-bond donors (Lipinski definition) is 1. The summed E-state index contributed by atoms with van der Waals surface area (Å²) >= 11 is 1.65. The number of fused-ring (bicyclic) bond motifs is 1. The molecular weight excluding hydrogens is 360 g/mol.